The summed E-state index contributed by atoms with van der Waals surface area (Å²) in [6.45, 7) is 0. The minimum atomic E-state index is -0.156. The lowest BCUT2D eigenvalue weighted by atomic mass is 10.2. The lowest BCUT2D eigenvalue weighted by Gasteiger charge is -2.09. The lowest BCUT2D eigenvalue weighted by Crippen LogP contribution is -2.32. The zero-order valence-electron chi connectivity index (χ0n) is 13.0. The van der Waals surface area contributed by atoms with Crippen molar-refractivity contribution < 1.29 is 13.9 Å². The van der Waals surface area contributed by atoms with Crippen LogP contribution < -0.4 is 10.1 Å². The van der Waals surface area contributed by atoms with Gasteiger partial charge in [-0.25, -0.2) is 4.98 Å². The fraction of sp³-hybridized carbons (Fsp3) is 0.333. The van der Waals surface area contributed by atoms with Gasteiger partial charge in [0.1, 0.15) is 5.75 Å². The summed E-state index contributed by atoms with van der Waals surface area (Å²) < 4.78 is 10.9. The molecule has 4 rings (SSSR count). The number of hydrogen-bond donors (Lipinski definition) is 1. The van der Waals surface area contributed by atoms with Crippen molar-refractivity contribution in [1.29, 1.82) is 0 Å². The fourth-order valence-electron chi connectivity index (χ4n) is 3.18. The molecule has 1 saturated carbocycles. The van der Waals surface area contributed by atoms with Gasteiger partial charge in [0.05, 0.1) is 12.6 Å². The number of carbonyl (C=O) groups is 1. The van der Waals surface area contributed by atoms with E-state index in [2.05, 4.69) is 10.3 Å². The molecule has 1 fully saturated rings. The summed E-state index contributed by atoms with van der Waals surface area (Å²) in [5.74, 6) is 0.944. The Morgan fingerprint density at radius 1 is 1.22 bits per heavy atom. The summed E-state index contributed by atoms with van der Waals surface area (Å²) in [5.41, 5.74) is 1.30. The van der Waals surface area contributed by atoms with Crippen molar-refractivity contribution in [3.05, 3.63) is 36.1 Å². The third-order valence-corrected chi connectivity index (χ3v) is 4.42. The van der Waals surface area contributed by atoms with E-state index in [1.807, 2.05) is 24.3 Å². The number of aromatic nitrogens is 1. The molecular weight excluding hydrogens is 292 g/mol. The number of furan rings is 1. The molecule has 2 heterocycles. The van der Waals surface area contributed by atoms with Crippen molar-refractivity contribution in [2.24, 2.45) is 0 Å². The van der Waals surface area contributed by atoms with E-state index in [1.165, 1.54) is 12.8 Å². The number of carbonyl (C=O) groups excluding carboxylic acids is 1. The van der Waals surface area contributed by atoms with E-state index < -0.39 is 0 Å². The first-order valence-electron chi connectivity index (χ1n) is 7.92. The summed E-state index contributed by atoms with van der Waals surface area (Å²) in [7, 11) is 1.64. The monoisotopic (exact) mass is 310 g/mol. The van der Waals surface area contributed by atoms with Crippen LogP contribution >= 0.6 is 0 Å². The second kappa shape index (κ2) is 5.57. The van der Waals surface area contributed by atoms with Crippen LogP contribution in [0.5, 0.6) is 5.75 Å². The van der Waals surface area contributed by atoms with E-state index >= 15 is 0 Å². The lowest BCUT2D eigenvalue weighted by molar-refractivity contribution is 0.0911. The Kier molecular flexibility index (Phi) is 3.41. The van der Waals surface area contributed by atoms with Gasteiger partial charge in [-0.15, -0.1) is 0 Å². The maximum Gasteiger partial charge on any atom is 0.287 e. The predicted octanol–water partition coefficient (Wildman–Crippen LogP) is 3.66. The average Bonchev–Trinajstić information content (AvgIpc) is 3.21. The number of ether oxygens (including phenoxy) is 1. The van der Waals surface area contributed by atoms with Gasteiger partial charge in [0.2, 0.25) is 5.71 Å². The first kappa shape index (κ1) is 14.1. The van der Waals surface area contributed by atoms with Gasteiger partial charge in [-0.1, -0.05) is 12.8 Å². The number of fused-ring (bicyclic) bond motifs is 2. The quantitative estimate of drug-likeness (QED) is 0.802. The number of amides is 1. The van der Waals surface area contributed by atoms with Crippen LogP contribution in [0, 0.1) is 0 Å². The molecular formula is C18H18N2O3. The fourth-order valence-corrected chi connectivity index (χ4v) is 3.18. The smallest absolute Gasteiger partial charge is 0.287 e. The van der Waals surface area contributed by atoms with Gasteiger partial charge in [0.15, 0.2) is 5.76 Å². The van der Waals surface area contributed by atoms with Crippen LogP contribution in [0.1, 0.15) is 36.2 Å². The highest BCUT2D eigenvalue weighted by Gasteiger charge is 2.20. The van der Waals surface area contributed by atoms with Crippen molar-refractivity contribution in [2.45, 2.75) is 31.7 Å². The molecule has 0 saturated heterocycles. The number of rotatable bonds is 3. The highest BCUT2D eigenvalue weighted by atomic mass is 16.5. The molecule has 0 bridgehead atoms. The normalized spacial score (nSPS) is 15.3. The number of nitrogens with zero attached hydrogens (tertiary/aromatic N) is 1. The van der Waals surface area contributed by atoms with Crippen LogP contribution in [0.3, 0.4) is 0 Å². The Labute approximate surface area is 133 Å². The molecule has 3 aromatic rings. The zero-order valence-corrected chi connectivity index (χ0v) is 13.0. The third-order valence-electron chi connectivity index (χ3n) is 4.42. The largest absolute Gasteiger partial charge is 0.497 e. The van der Waals surface area contributed by atoms with Crippen LogP contribution in [0.4, 0.5) is 0 Å². The number of benzene rings is 1. The Bertz CT molecular complexity index is 878. The maximum atomic E-state index is 12.3. The average molecular weight is 310 g/mol. The Morgan fingerprint density at radius 3 is 2.83 bits per heavy atom. The third kappa shape index (κ3) is 2.63. The summed E-state index contributed by atoms with van der Waals surface area (Å²) >= 11 is 0. The maximum absolute atomic E-state index is 12.3. The first-order chi connectivity index (χ1) is 11.2. The van der Waals surface area contributed by atoms with Gasteiger partial charge in [-0.05, 0) is 43.2 Å². The molecule has 5 nitrogen and oxygen atoms in total. The van der Waals surface area contributed by atoms with Gasteiger partial charge in [-0.3, -0.25) is 4.79 Å². The first-order valence-corrected chi connectivity index (χ1v) is 7.92. The van der Waals surface area contributed by atoms with Crippen LogP contribution in [-0.2, 0) is 0 Å². The van der Waals surface area contributed by atoms with Crippen LogP contribution in [0.25, 0.3) is 22.0 Å². The molecule has 2 aromatic heterocycles. The molecule has 118 valence electrons. The number of methoxy groups -OCH3 is 1. The number of hydrogen-bond acceptors (Lipinski definition) is 4. The molecule has 1 aromatic carbocycles. The molecule has 0 atom stereocenters. The molecule has 0 aliphatic heterocycles. The second-order valence-electron chi connectivity index (χ2n) is 6.01. The summed E-state index contributed by atoms with van der Waals surface area (Å²) in [6, 6.07) is 9.66. The highest BCUT2D eigenvalue weighted by molar-refractivity contribution is 5.98. The standard InChI is InChI=1S/C18H18N2O3/c1-22-14-6-7-15-11(9-14)8-12-10-16(23-18(12)20-15)17(21)19-13-4-2-3-5-13/h6-10,13H,2-5H2,1H3,(H,19,21). The number of nitrogens with one attached hydrogen (secondary N) is 1. The molecule has 1 N–H and O–H groups in total. The molecule has 0 unspecified atom stereocenters. The van der Waals surface area contributed by atoms with Gasteiger partial charge < -0.3 is 14.5 Å². The Balaban J connectivity index is 1.68. The van der Waals surface area contributed by atoms with Crippen LogP contribution in [0.15, 0.2) is 34.7 Å². The molecule has 1 aliphatic carbocycles. The summed E-state index contributed by atoms with van der Waals surface area (Å²) in [6.07, 6.45) is 4.46. The van der Waals surface area contributed by atoms with E-state index in [4.69, 9.17) is 9.15 Å². The van der Waals surface area contributed by atoms with E-state index in [-0.39, 0.29) is 11.9 Å². The van der Waals surface area contributed by atoms with Crippen molar-refractivity contribution in [3.63, 3.8) is 0 Å². The van der Waals surface area contributed by atoms with Gasteiger partial charge in [-0.2, -0.15) is 0 Å². The molecule has 0 radical (unpaired) electrons. The minimum absolute atomic E-state index is 0.156. The Morgan fingerprint density at radius 2 is 2.04 bits per heavy atom. The van der Waals surface area contributed by atoms with E-state index in [9.17, 15) is 4.79 Å². The van der Waals surface area contributed by atoms with Gasteiger partial charge >= 0.3 is 0 Å². The molecule has 1 amide bonds. The van der Waals surface area contributed by atoms with Crippen molar-refractivity contribution in [1.82, 2.24) is 10.3 Å². The zero-order chi connectivity index (χ0) is 15.8. The second-order valence-corrected chi connectivity index (χ2v) is 6.01. The molecule has 23 heavy (non-hydrogen) atoms. The van der Waals surface area contributed by atoms with Crippen molar-refractivity contribution >= 4 is 27.9 Å². The molecule has 5 heteroatoms. The van der Waals surface area contributed by atoms with E-state index in [0.717, 1.165) is 34.9 Å². The van der Waals surface area contributed by atoms with Gasteiger partial charge in [0, 0.05) is 16.8 Å². The van der Waals surface area contributed by atoms with E-state index in [1.54, 1.807) is 13.2 Å². The number of pyridine rings is 1. The van der Waals surface area contributed by atoms with Crippen LogP contribution in [-0.4, -0.2) is 24.0 Å². The summed E-state index contributed by atoms with van der Waals surface area (Å²) in [4.78, 5) is 16.8. The van der Waals surface area contributed by atoms with Gasteiger partial charge in [0.25, 0.3) is 5.91 Å². The summed E-state index contributed by atoms with van der Waals surface area (Å²) in [5, 5.41) is 4.82. The molecule has 1 aliphatic rings. The molecule has 0 spiro atoms. The van der Waals surface area contributed by atoms with Crippen molar-refractivity contribution in [2.75, 3.05) is 7.11 Å². The van der Waals surface area contributed by atoms with E-state index in [0.29, 0.717) is 11.5 Å². The topological polar surface area (TPSA) is 64.4 Å². The highest BCUT2D eigenvalue weighted by Crippen LogP contribution is 2.26. The Hall–Kier alpha value is -2.56. The van der Waals surface area contributed by atoms with Crippen molar-refractivity contribution in [3.8, 4) is 5.75 Å². The van der Waals surface area contributed by atoms with Crippen LogP contribution in [0.2, 0.25) is 0 Å². The predicted molar refractivity (Wildman–Crippen MR) is 87.8 cm³/mol. The SMILES string of the molecule is COc1ccc2nc3oc(C(=O)NC4CCCC4)cc3cc2c1. The minimum Gasteiger partial charge on any atom is -0.497 e.